The maximum Gasteiger partial charge on any atom is 0.0675 e. The summed E-state index contributed by atoms with van der Waals surface area (Å²) in [6.07, 6.45) is 1.10. The molecule has 0 radical (unpaired) electrons. The van der Waals surface area contributed by atoms with E-state index in [1.54, 1.807) is 0 Å². The van der Waals surface area contributed by atoms with Crippen LogP contribution in [0.25, 0.3) is 0 Å². The number of nitrogens with two attached hydrogens (primary N) is 1. The van der Waals surface area contributed by atoms with Crippen LogP contribution < -0.4 is 5.73 Å². The summed E-state index contributed by atoms with van der Waals surface area (Å²) < 4.78 is 1.00. The summed E-state index contributed by atoms with van der Waals surface area (Å²) in [4.78, 5) is 0. The summed E-state index contributed by atoms with van der Waals surface area (Å²) in [5.41, 5.74) is 5.03. The van der Waals surface area contributed by atoms with Crippen LogP contribution in [0.4, 0.5) is 0 Å². The lowest BCUT2D eigenvalue weighted by Crippen LogP contribution is -2.27. The van der Waals surface area contributed by atoms with Gasteiger partial charge >= 0.3 is 0 Å². The maximum absolute atomic E-state index is 5.03. The quantitative estimate of drug-likeness (QED) is 0.523. The average molecular weight is 133 g/mol. The van der Waals surface area contributed by atoms with Gasteiger partial charge < -0.3 is 10.2 Å². The van der Waals surface area contributed by atoms with Crippen LogP contribution in [0.2, 0.25) is 0 Å². The number of nitrogens with zero attached hydrogens (tertiary/aromatic N) is 1. The Morgan fingerprint density at radius 1 is 1.11 bits per heavy atom. The molecule has 0 unspecified atom stereocenters. The van der Waals surface area contributed by atoms with Gasteiger partial charge in [0.2, 0.25) is 0 Å². The Hall–Kier alpha value is -0.0800. The van der Waals surface area contributed by atoms with Crippen molar-refractivity contribution in [1.82, 2.24) is 0 Å². The first kappa shape index (κ1) is 11.7. The molecule has 0 aliphatic rings. The predicted octanol–water partition coefficient (Wildman–Crippen LogP) is 0.677. The molecule has 0 aliphatic heterocycles. The molecule has 58 valence electrons. The molecule has 0 aromatic carbocycles. The van der Waals surface area contributed by atoms with E-state index in [2.05, 4.69) is 35.1 Å². The van der Waals surface area contributed by atoms with Crippen LogP contribution in [0.15, 0.2) is 0 Å². The van der Waals surface area contributed by atoms with Crippen molar-refractivity contribution in [3.63, 3.8) is 0 Å². The zero-order valence-electron chi connectivity index (χ0n) is 7.44. The van der Waals surface area contributed by atoms with Crippen molar-refractivity contribution >= 4 is 0 Å². The van der Waals surface area contributed by atoms with Crippen LogP contribution in [-0.2, 0) is 0 Å². The number of quaternary nitrogens is 1. The van der Waals surface area contributed by atoms with Crippen molar-refractivity contribution in [1.29, 1.82) is 0 Å². The second-order valence-electron chi connectivity index (χ2n) is 3.47. The summed E-state index contributed by atoms with van der Waals surface area (Å²) >= 11 is 0. The molecule has 0 aliphatic carbocycles. The second-order valence-corrected chi connectivity index (χ2v) is 3.47. The Kier molecular flexibility index (Phi) is 7.85. The molecule has 0 rings (SSSR count). The van der Waals surface area contributed by atoms with E-state index in [9.17, 15) is 0 Å². The highest BCUT2D eigenvalue weighted by Crippen LogP contribution is 1.73. The van der Waals surface area contributed by atoms with Gasteiger partial charge in [0.1, 0.15) is 0 Å². The molecular weight excluding hydrogens is 112 g/mol. The lowest BCUT2D eigenvalue weighted by molar-refractivity contribution is -0.849. The highest BCUT2D eigenvalue weighted by atomic mass is 15.2. The summed E-state index contributed by atoms with van der Waals surface area (Å²) in [6.45, 7) is 2.88. The lowest BCUT2D eigenvalue weighted by Gasteiger charge is -2.14. The molecule has 0 aromatic rings. The van der Waals surface area contributed by atoms with E-state index in [0.29, 0.717) is 0 Å². The number of rotatable bonds is 1. The molecule has 0 saturated carbocycles. The van der Waals surface area contributed by atoms with Gasteiger partial charge in [0.25, 0.3) is 0 Å². The molecule has 0 saturated heterocycles. The highest BCUT2D eigenvalue weighted by molar-refractivity contribution is 4.19. The summed E-state index contributed by atoms with van der Waals surface area (Å²) in [6, 6.07) is 0. The smallest absolute Gasteiger partial charge is 0.0675 e. The third kappa shape index (κ3) is 328. The summed E-state index contributed by atoms with van der Waals surface area (Å²) in [5, 5.41) is 0. The van der Waals surface area contributed by atoms with Gasteiger partial charge in [-0.2, -0.15) is 0 Å². The second kappa shape index (κ2) is 6.05. The zero-order chi connectivity index (χ0) is 7.91. The molecule has 2 N–H and O–H groups in total. The van der Waals surface area contributed by atoms with Crippen LogP contribution in [0, 0.1) is 0 Å². The van der Waals surface area contributed by atoms with E-state index < -0.39 is 0 Å². The standard InChI is InChI=1S/C4H12N.C3H9N/c1-5(2,3)4;1-2-3-4/h1-4H3;2-4H2,1H3/q+1;. The molecular formula is C7H21N2+. The van der Waals surface area contributed by atoms with Gasteiger partial charge in [-0.3, -0.25) is 0 Å². The van der Waals surface area contributed by atoms with E-state index in [-0.39, 0.29) is 0 Å². The Morgan fingerprint density at radius 2 is 1.22 bits per heavy atom. The molecule has 2 heteroatoms. The van der Waals surface area contributed by atoms with Crippen molar-refractivity contribution in [3.8, 4) is 0 Å². The Labute approximate surface area is 59.2 Å². The predicted molar refractivity (Wildman–Crippen MR) is 43.3 cm³/mol. The summed E-state index contributed by atoms with van der Waals surface area (Å²) in [7, 11) is 8.50. The fourth-order valence-corrected chi connectivity index (χ4v) is 0. The Morgan fingerprint density at radius 3 is 1.22 bits per heavy atom. The van der Waals surface area contributed by atoms with Crippen molar-refractivity contribution in [3.05, 3.63) is 0 Å². The first-order chi connectivity index (χ1) is 3.91. The van der Waals surface area contributed by atoms with Gasteiger partial charge in [0, 0.05) is 0 Å². The molecule has 0 amide bonds. The minimum atomic E-state index is 0.819. The normalized spacial score (nSPS) is 10.0. The van der Waals surface area contributed by atoms with Crippen LogP contribution in [-0.4, -0.2) is 39.2 Å². The van der Waals surface area contributed by atoms with E-state index in [4.69, 9.17) is 5.73 Å². The van der Waals surface area contributed by atoms with E-state index in [1.165, 1.54) is 0 Å². The van der Waals surface area contributed by atoms with Gasteiger partial charge in [-0.15, -0.1) is 0 Å². The molecule has 0 aromatic heterocycles. The first-order valence-corrected chi connectivity index (χ1v) is 3.40. The number of hydrogen-bond acceptors (Lipinski definition) is 1. The SMILES string of the molecule is CCCN.C[N+](C)(C)C. The molecule has 0 spiro atoms. The first-order valence-electron chi connectivity index (χ1n) is 3.40. The van der Waals surface area contributed by atoms with Crippen molar-refractivity contribution in [2.75, 3.05) is 34.7 Å². The summed E-state index contributed by atoms with van der Waals surface area (Å²) in [5.74, 6) is 0. The van der Waals surface area contributed by atoms with Gasteiger partial charge in [-0.05, 0) is 13.0 Å². The monoisotopic (exact) mass is 133 g/mol. The Balaban J connectivity index is 0. The van der Waals surface area contributed by atoms with E-state index in [0.717, 1.165) is 17.4 Å². The molecule has 0 fully saturated rings. The largest absolute Gasteiger partial charge is 0.333 e. The van der Waals surface area contributed by atoms with Crippen molar-refractivity contribution in [2.24, 2.45) is 5.73 Å². The fraction of sp³-hybridized carbons (Fsp3) is 1.00. The molecule has 0 bridgehead atoms. The average Bonchev–Trinajstić information content (AvgIpc) is 1.61. The van der Waals surface area contributed by atoms with Crippen LogP contribution in [0.3, 0.4) is 0 Å². The topological polar surface area (TPSA) is 26.0 Å². The van der Waals surface area contributed by atoms with E-state index >= 15 is 0 Å². The minimum Gasteiger partial charge on any atom is -0.333 e. The zero-order valence-corrected chi connectivity index (χ0v) is 7.44. The van der Waals surface area contributed by atoms with Gasteiger partial charge in [-0.25, -0.2) is 0 Å². The third-order valence-electron chi connectivity index (χ3n) is 0.289. The molecule has 0 heterocycles. The third-order valence-corrected chi connectivity index (χ3v) is 0.289. The van der Waals surface area contributed by atoms with Gasteiger partial charge in [0.05, 0.1) is 28.2 Å². The lowest BCUT2D eigenvalue weighted by atomic mass is 10.5. The molecule has 9 heavy (non-hydrogen) atoms. The van der Waals surface area contributed by atoms with Crippen LogP contribution in [0.1, 0.15) is 13.3 Å². The molecule has 2 nitrogen and oxygen atoms in total. The van der Waals surface area contributed by atoms with Crippen LogP contribution >= 0.6 is 0 Å². The Bertz CT molecular complexity index is 37.4. The van der Waals surface area contributed by atoms with Gasteiger partial charge in [0.15, 0.2) is 0 Å². The van der Waals surface area contributed by atoms with E-state index in [1.807, 2.05) is 0 Å². The van der Waals surface area contributed by atoms with Gasteiger partial charge in [-0.1, -0.05) is 6.92 Å². The van der Waals surface area contributed by atoms with Crippen LogP contribution in [0.5, 0.6) is 0 Å². The highest BCUT2D eigenvalue weighted by Gasteiger charge is 1.88. The fourth-order valence-electron chi connectivity index (χ4n) is 0. The van der Waals surface area contributed by atoms with Crippen molar-refractivity contribution in [2.45, 2.75) is 13.3 Å². The number of hydrogen-bond donors (Lipinski definition) is 1. The minimum absolute atomic E-state index is 0.819. The maximum atomic E-state index is 5.03. The van der Waals surface area contributed by atoms with Crippen molar-refractivity contribution < 1.29 is 4.48 Å². The molecule has 0 atom stereocenters.